The normalized spacial score (nSPS) is 11.2. The highest BCUT2D eigenvalue weighted by Crippen LogP contribution is 2.38. The number of hydrogen-bond acceptors (Lipinski definition) is 4. The smallest absolute Gasteiger partial charge is 0.417 e. The summed E-state index contributed by atoms with van der Waals surface area (Å²) in [6.45, 7) is 1.91. The number of benzene rings is 1. The van der Waals surface area contributed by atoms with Crippen molar-refractivity contribution in [1.82, 2.24) is 4.98 Å². The molecule has 2 aromatic rings. The van der Waals surface area contributed by atoms with Crippen molar-refractivity contribution < 1.29 is 17.9 Å². The summed E-state index contributed by atoms with van der Waals surface area (Å²) < 4.78 is 45.1. The molecule has 126 valence electrons. The van der Waals surface area contributed by atoms with E-state index in [4.69, 9.17) is 4.74 Å². The number of hydrogen-bond donors (Lipinski definition) is 0. The number of thioether (sulfide) groups is 1. The number of methoxy groups -OCH3 is 1. The van der Waals surface area contributed by atoms with Crippen molar-refractivity contribution in [2.24, 2.45) is 0 Å². The minimum Gasteiger partial charge on any atom is -0.497 e. The summed E-state index contributed by atoms with van der Waals surface area (Å²) in [6, 6.07) is 9.17. The van der Waals surface area contributed by atoms with Gasteiger partial charge in [-0.2, -0.15) is 18.4 Å². The number of nitrogens with zero attached hydrogens (tertiary/aromatic N) is 2. The third-order valence-electron chi connectivity index (χ3n) is 3.23. The highest BCUT2D eigenvalue weighted by Gasteiger charge is 2.36. The van der Waals surface area contributed by atoms with E-state index in [0.717, 1.165) is 24.2 Å². The lowest BCUT2D eigenvalue weighted by Gasteiger charge is -2.14. The second kappa shape index (κ2) is 7.58. The third kappa shape index (κ3) is 4.01. The molecule has 7 heteroatoms. The molecule has 0 N–H and O–H groups in total. The average Bonchev–Trinajstić information content (AvgIpc) is 2.58. The maximum absolute atomic E-state index is 13.3. The van der Waals surface area contributed by atoms with Crippen molar-refractivity contribution >= 4 is 11.8 Å². The number of rotatable bonds is 5. The second-order valence-electron chi connectivity index (χ2n) is 4.92. The van der Waals surface area contributed by atoms with Gasteiger partial charge in [-0.05, 0) is 42.5 Å². The molecule has 0 unspecified atom stereocenters. The Balaban J connectivity index is 2.61. The third-order valence-corrected chi connectivity index (χ3v) is 4.41. The van der Waals surface area contributed by atoms with Gasteiger partial charge in [-0.1, -0.05) is 6.92 Å². The van der Waals surface area contributed by atoms with Crippen LogP contribution in [-0.2, 0) is 6.18 Å². The van der Waals surface area contributed by atoms with Gasteiger partial charge in [-0.25, -0.2) is 4.98 Å². The van der Waals surface area contributed by atoms with Crippen LogP contribution in [-0.4, -0.2) is 17.8 Å². The molecule has 0 atom stereocenters. The van der Waals surface area contributed by atoms with Crippen LogP contribution in [0.5, 0.6) is 5.75 Å². The number of nitriles is 1. The summed E-state index contributed by atoms with van der Waals surface area (Å²) in [7, 11) is 1.51. The van der Waals surface area contributed by atoms with Gasteiger partial charge in [0.25, 0.3) is 0 Å². The molecule has 1 aromatic heterocycles. The molecule has 0 saturated heterocycles. The molecular weight excluding hydrogens is 337 g/mol. The molecule has 0 amide bonds. The molecule has 3 nitrogen and oxygen atoms in total. The molecule has 1 heterocycles. The standard InChI is InChI=1S/C17H15F3N2OS/c1-3-8-24-16-13(10-21)14(17(18,19)20)9-15(22-16)11-4-6-12(23-2)7-5-11/h4-7,9H,3,8H2,1-2H3. The van der Waals surface area contributed by atoms with Crippen molar-refractivity contribution in [3.8, 4) is 23.1 Å². The lowest BCUT2D eigenvalue weighted by molar-refractivity contribution is -0.138. The van der Waals surface area contributed by atoms with E-state index in [9.17, 15) is 18.4 Å². The van der Waals surface area contributed by atoms with E-state index < -0.39 is 17.3 Å². The molecule has 1 aromatic carbocycles. The van der Waals surface area contributed by atoms with Gasteiger partial charge in [0.2, 0.25) is 0 Å². The van der Waals surface area contributed by atoms with Crippen LogP contribution in [0, 0.1) is 11.3 Å². The first-order chi connectivity index (χ1) is 11.4. The predicted molar refractivity (Wildman–Crippen MR) is 87.0 cm³/mol. The first-order valence-corrected chi connectivity index (χ1v) is 8.18. The van der Waals surface area contributed by atoms with Crippen LogP contribution in [0.25, 0.3) is 11.3 Å². The minimum absolute atomic E-state index is 0.111. The molecule has 0 bridgehead atoms. The molecule has 0 aliphatic carbocycles. The topological polar surface area (TPSA) is 45.9 Å². The van der Waals surface area contributed by atoms with Gasteiger partial charge in [0.15, 0.2) is 0 Å². The SMILES string of the molecule is CCCSc1nc(-c2ccc(OC)cc2)cc(C(F)(F)F)c1C#N. The van der Waals surface area contributed by atoms with Gasteiger partial charge >= 0.3 is 6.18 Å². The number of halogens is 3. The highest BCUT2D eigenvalue weighted by molar-refractivity contribution is 7.99. The summed E-state index contributed by atoms with van der Waals surface area (Å²) in [5, 5.41) is 9.28. The van der Waals surface area contributed by atoms with Crippen LogP contribution in [0.15, 0.2) is 35.4 Å². The van der Waals surface area contributed by atoms with E-state index >= 15 is 0 Å². The number of aromatic nitrogens is 1. The molecule has 0 aliphatic rings. The van der Waals surface area contributed by atoms with E-state index in [1.165, 1.54) is 7.11 Å². The fourth-order valence-electron chi connectivity index (χ4n) is 2.07. The van der Waals surface area contributed by atoms with Gasteiger partial charge in [0.05, 0.1) is 23.9 Å². The molecule has 0 radical (unpaired) electrons. The minimum atomic E-state index is -4.61. The van der Waals surface area contributed by atoms with Crippen LogP contribution in [0.1, 0.15) is 24.5 Å². The van der Waals surface area contributed by atoms with Crippen LogP contribution in [0.3, 0.4) is 0 Å². The Morgan fingerprint density at radius 1 is 1.25 bits per heavy atom. The Hall–Kier alpha value is -2.20. The predicted octanol–water partition coefficient (Wildman–Crippen LogP) is 5.15. The van der Waals surface area contributed by atoms with E-state index in [1.807, 2.05) is 6.92 Å². The molecule has 0 aliphatic heterocycles. The number of ether oxygens (including phenoxy) is 1. The lowest BCUT2D eigenvalue weighted by atomic mass is 10.1. The fraction of sp³-hybridized carbons (Fsp3) is 0.294. The van der Waals surface area contributed by atoms with Crippen LogP contribution in [0.4, 0.5) is 13.2 Å². The van der Waals surface area contributed by atoms with Crippen molar-refractivity contribution in [2.45, 2.75) is 24.5 Å². The highest BCUT2D eigenvalue weighted by atomic mass is 32.2. The Morgan fingerprint density at radius 3 is 2.42 bits per heavy atom. The lowest BCUT2D eigenvalue weighted by Crippen LogP contribution is -2.10. The van der Waals surface area contributed by atoms with Crippen molar-refractivity contribution in [3.63, 3.8) is 0 Å². The first kappa shape index (κ1) is 18.1. The number of alkyl halides is 3. The molecule has 2 rings (SSSR count). The van der Waals surface area contributed by atoms with Gasteiger partial charge in [-0.3, -0.25) is 0 Å². The van der Waals surface area contributed by atoms with E-state index in [1.54, 1.807) is 30.3 Å². The van der Waals surface area contributed by atoms with Crippen LogP contribution < -0.4 is 4.74 Å². The van der Waals surface area contributed by atoms with Gasteiger partial charge < -0.3 is 4.74 Å². The Bertz CT molecular complexity index is 752. The van der Waals surface area contributed by atoms with Gasteiger partial charge in [-0.15, -0.1) is 11.8 Å². The fourth-order valence-corrected chi connectivity index (χ4v) is 2.93. The molecular formula is C17H15F3N2OS. The maximum atomic E-state index is 13.3. The first-order valence-electron chi connectivity index (χ1n) is 7.20. The van der Waals surface area contributed by atoms with E-state index in [-0.39, 0.29) is 10.7 Å². The summed E-state index contributed by atoms with van der Waals surface area (Å²) in [5.74, 6) is 1.19. The summed E-state index contributed by atoms with van der Waals surface area (Å²) in [6.07, 6.45) is -3.85. The van der Waals surface area contributed by atoms with E-state index in [0.29, 0.717) is 17.1 Å². The zero-order valence-electron chi connectivity index (χ0n) is 13.1. The van der Waals surface area contributed by atoms with Crippen molar-refractivity contribution in [2.75, 3.05) is 12.9 Å². The Kier molecular flexibility index (Phi) is 5.73. The number of pyridine rings is 1. The van der Waals surface area contributed by atoms with Crippen LogP contribution >= 0.6 is 11.8 Å². The average molecular weight is 352 g/mol. The van der Waals surface area contributed by atoms with Crippen molar-refractivity contribution in [3.05, 3.63) is 41.5 Å². The van der Waals surface area contributed by atoms with Gasteiger partial charge in [0, 0.05) is 5.56 Å². The zero-order chi connectivity index (χ0) is 17.7. The Labute approximate surface area is 142 Å². The summed E-state index contributed by atoms with van der Waals surface area (Å²) in [4.78, 5) is 4.28. The molecule has 0 saturated carbocycles. The monoisotopic (exact) mass is 352 g/mol. The molecule has 0 fully saturated rings. The second-order valence-corrected chi connectivity index (χ2v) is 6.01. The van der Waals surface area contributed by atoms with Gasteiger partial charge in [0.1, 0.15) is 16.8 Å². The quantitative estimate of drug-likeness (QED) is 0.698. The van der Waals surface area contributed by atoms with Crippen molar-refractivity contribution in [1.29, 1.82) is 5.26 Å². The summed E-state index contributed by atoms with van der Waals surface area (Å²) >= 11 is 1.16. The zero-order valence-corrected chi connectivity index (χ0v) is 14.0. The molecule has 0 spiro atoms. The summed E-state index contributed by atoms with van der Waals surface area (Å²) in [5.41, 5.74) is -0.658. The van der Waals surface area contributed by atoms with Crippen LogP contribution in [0.2, 0.25) is 0 Å². The maximum Gasteiger partial charge on any atom is 0.417 e. The largest absolute Gasteiger partial charge is 0.497 e. The molecule has 24 heavy (non-hydrogen) atoms. The van der Waals surface area contributed by atoms with E-state index in [2.05, 4.69) is 4.98 Å². The Morgan fingerprint density at radius 2 is 1.92 bits per heavy atom.